The van der Waals surface area contributed by atoms with Crippen molar-refractivity contribution in [3.63, 3.8) is 0 Å². The SMILES string of the molecule is C/C(CC(=O)Nc1cc([N+](=O)[O-])ccc1C)=N/NC(=O)Cc1ccc(Cl)cc1. The van der Waals surface area contributed by atoms with Gasteiger partial charge in [-0.05, 0) is 37.1 Å². The van der Waals surface area contributed by atoms with Crippen LogP contribution in [0.15, 0.2) is 47.6 Å². The lowest BCUT2D eigenvalue weighted by Gasteiger charge is -2.08. The van der Waals surface area contributed by atoms with Gasteiger partial charge in [0.2, 0.25) is 11.8 Å². The molecule has 2 N–H and O–H groups in total. The summed E-state index contributed by atoms with van der Waals surface area (Å²) in [6.07, 6.45) is 0.0659. The van der Waals surface area contributed by atoms with Crippen molar-refractivity contribution < 1.29 is 14.5 Å². The summed E-state index contributed by atoms with van der Waals surface area (Å²) in [6.45, 7) is 3.33. The molecular weight excluding hydrogens is 384 g/mol. The first-order chi connectivity index (χ1) is 13.2. The molecule has 0 aliphatic heterocycles. The fourth-order valence-corrected chi connectivity index (χ4v) is 2.44. The van der Waals surface area contributed by atoms with Gasteiger partial charge < -0.3 is 5.32 Å². The Bertz CT molecular complexity index is 926. The first-order valence-electron chi connectivity index (χ1n) is 8.36. The Labute approximate surface area is 166 Å². The Balaban J connectivity index is 1.89. The van der Waals surface area contributed by atoms with Gasteiger partial charge in [0.1, 0.15) is 0 Å². The predicted octanol–water partition coefficient (Wildman–Crippen LogP) is 3.62. The second-order valence-electron chi connectivity index (χ2n) is 6.17. The fraction of sp³-hybridized carbons (Fsp3) is 0.211. The van der Waals surface area contributed by atoms with E-state index < -0.39 is 10.8 Å². The van der Waals surface area contributed by atoms with Gasteiger partial charge in [0, 0.05) is 22.9 Å². The minimum absolute atomic E-state index is 0.0661. The van der Waals surface area contributed by atoms with Gasteiger partial charge in [-0.2, -0.15) is 5.10 Å². The molecule has 0 heterocycles. The number of non-ortho nitro benzene ring substituents is 1. The predicted molar refractivity (Wildman–Crippen MR) is 107 cm³/mol. The molecule has 2 amide bonds. The minimum atomic E-state index is -0.530. The zero-order valence-corrected chi connectivity index (χ0v) is 16.1. The van der Waals surface area contributed by atoms with Crippen LogP contribution in [0.2, 0.25) is 5.02 Å². The molecule has 0 saturated heterocycles. The van der Waals surface area contributed by atoms with Gasteiger partial charge in [-0.1, -0.05) is 29.8 Å². The van der Waals surface area contributed by atoms with E-state index in [0.29, 0.717) is 22.0 Å². The van der Waals surface area contributed by atoms with E-state index in [0.717, 1.165) is 5.56 Å². The van der Waals surface area contributed by atoms with Gasteiger partial charge >= 0.3 is 0 Å². The largest absolute Gasteiger partial charge is 0.325 e. The number of halogens is 1. The highest BCUT2D eigenvalue weighted by Gasteiger charge is 2.12. The number of nitrogens with one attached hydrogen (secondary N) is 2. The molecule has 0 bridgehead atoms. The molecule has 0 fully saturated rings. The minimum Gasteiger partial charge on any atom is -0.325 e. The molecule has 0 unspecified atom stereocenters. The average molecular weight is 403 g/mol. The number of anilines is 1. The molecular formula is C19H19ClN4O4. The standard InChI is InChI=1S/C19H19ClN4O4/c1-12-3-8-16(24(27)28)11-17(12)21-18(25)9-13(2)22-23-19(26)10-14-4-6-15(20)7-5-14/h3-8,11H,9-10H2,1-2H3,(H,21,25)(H,23,26)/b22-13-. The van der Waals surface area contributed by atoms with Crippen LogP contribution in [-0.2, 0) is 16.0 Å². The number of nitro groups is 1. The van der Waals surface area contributed by atoms with Crippen LogP contribution in [0.3, 0.4) is 0 Å². The third-order valence-corrected chi connectivity index (χ3v) is 4.02. The van der Waals surface area contributed by atoms with Crippen molar-refractivity contribution in [2.45, 2.75) is 26.7 Å². The number of hydrogen-bond donors (Lipinski definition) is 2. The molecule has 2 rings (SSSR count). The van der Waals surface area contributed by atoms with Crippen molar-refractivity contribution in [1.82, 2.24) is 5.43 Å². The number of hydrogen-bond acceptors (Lipinski definition) is 5. The van der Waals surface area contributed by atoms with E-state index >= 15 is 0 Å². The van der Waals surface area contributed by atoms with Gasteiger partial charge in [-0.3, -0.25) is 19.7 Å². The maximum atomic E-state index is 12.1. The Hall–Kier alpha value is -3.26. The van der Waals surface area contributed by atoms with Crippen LogP contribution in [0.4, 0.5) is 11.4 Å². The van der Waals surface area contributed by atoms with Crippen LogP contribution < -0.4 is 10.7 Å². The number of aryl methyl sites for hydroxylation is 1. The van der Waals surface area contributed by atoms with Gasteiger partial charge in [0.05, 0.1) is 23.5 Å². The van der Waals surface area contributed by atoms with E-state index in [-0.39, 0.29) is 24.4 Å². The molecule has 0 aromatic heterocycles. The van der Waals surface area contributed by atoms with Crippen LogP contribution in [0.5, 0.6) is 0 Å². The number of nitrogens with zero attached hydrogens (tertiary/aromatic N) is 2. The molecule has 8 nitrogen and oxygen atoms in total. The highest BCUT2D eigenvalue weighted by molar-refractivity contribution is 6.30. The molecule has 9 heteroatoms. The molecule has 2 aromatic carbocycles. The third-order valence-electron chi connectivity index (χ3n) is 3.77. The Kier molecular flexibility index (Phi) is 7.22. The second-order valence-corrected chi connectivity index (χ2v) is 6.60. The van der Waals surface area contributed by atoms with Gasteiger partial charge in [-0.15, -0.1) is 0 Å². The normalized spacial score (nSPS) is 11.0. The summed E-state index contributed by atoms with van der Waals surface area (Å²) in [4.78, 5) is 34.4. The molecule has 0 atom stereocenters. The smallest absolute Gasteiger partial charge is 0.271 e. The summed E-state index contributed by atoms with van der Waals surface area (Å²) in [6, 6.07) is 11.1. The van der Waals surface area contributed by atoms with Crippen LogP contribution in [0.1, 0.15) is 24.5 Å². The highest BCUT2D eigenvalue weighted by atomic mass is 35.5. The Morgan fingerprint density at radius 2 is 1.82 bits per heavy atom. The summed E-state index contributed by atoms with van der Waals surface area (Å²) < 4.78 is 0. The number of hydrazone groups is 1. The van der Waals surface area contributed by atoms with Crippen molar-refractivity contribution >= 4 is 40.5 Å². The summed E-state index contributed by atoms with van der Waals surface area (Å²) >= 11 is 5.80. The summed E-state index contributed by atoms with van der Waals surface area (Å²) in [5.74, 6) is -0.714. The van der Waals surface area contributed by atoms with Crippen LogP contribution in [0, 0.1) is 17.0 Å². The van der Waals surface area contributed by atoms with Crippen molar-refractivity contribution in [2.75, 3.05) is 5.32 Å². The maximum Gasteiger partial charge on any atom is 0.271 e. The molecule has 0 spiro atoms. The van der Waals surface area contributed by atoms with E-state index in [4.69, 9.17) is 11.6 Å². The molecule has 0 saturated carbocycles. The van der Waals surface area contributed by atoms with E-state index in [1.807, 2.05) is 0 Å². The monoisotopic (exact) mass is 402 g/mol. The zero-order valence-electron chi connectivity index (χ0n) is 15.4. The van der Waals surface area contributed by atoms with E-state index in [1.165, 1.54) is 12.1 Å². The van der Waals surface area contributed by atoms with Crippen LogP contribution >= 0.6 is 11.6 Å². The number of nitro benzene ring substituents is 1. The van der Waals surface area contributed by atoms with Crippen LogP contribution in [0.25, 0.3) is 0 Å². The fourth-order valence-electron chi connectivity index (χ4n) is 2.31. The number of rotatable bonds is 7. The van der Waals surface area contributed by atoms with Gasteiger partial charge in [0.15, 0.2) is 0 Å². The molecule has 0 radical (unpaired) electrons. The summed E-state index contributed by atoms with van der Waals surface area (Å²) in [5.41, 5.74) is 4.52. The lowest BCUT2D eigenvalue weighted by molar-refractivity contribution is -0.384. The second kappa shape index (κ2) is 9.61. The van der Waals surface area contributed by atoms with Crippen molar-refractivity contribution in [1.29, 1.82) is 0 Å². The Morgan fingerprint density at radius 3 is 2.46 bits per heavy atom. The Morgan fingerprint density at radius 1 is 1.14 bits per heavy atom. The molecule has 146 valence electrons. The number of carbonyl (C=O) groups is 2. The van der Waals surface area contributed by atoms with Crippen molar-refractivity contribution in [3.8, 4) is 0 Å². The topological polar surface area (TPSA) is 114 Å². The number of benzene rings is 2. The van der Waals surface area contributed by atoms with Gasteiger partial charge in [0.25, 0.3) is 5.69 Å². The summed E-state index contributed by atoms with van der Waals surface area (Å²) in [7, 11) is 0. The van der Waals surface area contributed by atoms with Crippen molar-refractivity contribution in [2.24, 2.45) is 5.10 Å². The van der Waals surface area contributed by atoms with Gasteiger partial charge in [-0.25, -0.2) is 5.43 Å². The van der Waals surface area contributed by atoms with E-state index in [1.54, 1.807) is 44.2 Å². The van der Waals surface area contributed by atoms with Crippen molar-refractivity contribution in [3.05, 3.63) is 68.7 Å². The highest BCUT2D eigenvalue weighted by Crippen LogP contribution is 2.22. The average Bonchev–Trinajstić information content (AvgIpc) is 2.63. The molecule has 0 aliphatic rings. The summed E-state index contributed by atoms with van der Waals surface area (Å²) in [5, 5.41) is 18.0. The first kappa shape index (κ1) is 21.0. The molecule has 28 heavy (non-hydrogen) atoms. The quantitative estimate of drug-likeness (QED) is 0.418. The zero-order chi connectivity index (χ0) is 20.7. The lowest BCUT2D eigenvalue weighted by Crippen LogP contribution is -2.23. The number of carbonyl (C=O) groups excluding carboxylic acids is 2. The molecule has 0 aliphatic carbocycles. The molecule has 2 aromatic rings. The lowest BCUT2D eigenvalue weighted by atomic mass is 10.1. The number of amides is 2. The van der Waals surface area contributed by atoms with E-state index in [2.05, 4.69) is 15.8 Å². The maximum absolute atomic E-state index is 12.1. The van der Waals surface area contributed by atoms with Crippen LogP contribution in [-0.4, -0.2) is 22.4 Å². The third kappa shape index (κ3) is 6.48. The first-order valence-corrected chi connectivity index (χ1v) is 8.73. The van der Waals surface area contributed by atoms with E-state index in [9.17, 15) is 19.7 Å².